The van der Waals surface area contributed by atoms with Gasteiger partial charge in [0.05, 0.1) is 11.1 Å². The maximum Gasteiger partial charge on any atom is 0.250 e. The Morgan fingerprint density at radius 3 is 2.50 bits per heavy atom. The van der Waals surface area contributed by atoms with Crippen molar-refractivity contribution in [2.75, 3.05) is 5.32 Å². The average molecular weight is 360 g/mol. The van der Waals surface area contributed by atoms with Crippen molar-refractivity contribution in [1.82, 2.24) is 4.98 Å². The molecule has 122 valence electrons. The number of nitrogens with zero attached hydrogens (tertiary/aromatic N) is 1. The van der Waals surface area contributed by atoms with Crippen LogP contribution in [0.4, 0.5) is 5.69 Å². The van der Waals surface area contributed by atoms with E-state index < -0.39 is 5.91 Å². The summed E-state index contributed by atoms with van der Waals surface area (Å²) in [5.41, 5.74) is 8.87. The number of hydrogen-bond acceptors (Lipinski definition) is 3. The number of hydrogen-bond donors (Lipinski definition) is 2. The van der Waals surface area contributed by atoms with E-state index in [0.717, 1.165) is 22.3 Å². The van der Waals surface area contributed by atoms with Gasteiger partial charge in [-0.15, -0.1) is 0 Å². The molecule has 0 spiro atoms. The Morgan fingerprint density at radius 1 is 1.17 bits per heavy atom. The first kappa shape index (κ1) is 16.6. The zero-order valence-electron chi connectivity index (χ0n) is 12.9. The normalized spacial score (nSPS) is 10.8. The van der Waals surface area contributed by atoms with E-state index in [1.165, 1.54) is 0 Å². The Hall–Kier alpha value is -2.30. The lowest BCUT2D eigenvalue weighted by atomic mass is 10.1. The van der Waals surface area contributed by atoms with Gasteiger partial charge in [0.2, 0.25) is 0 Å². The van der Waals surface area contributed by atoms with E-state index in [-0.39, 0.29) is 0 Å². The fourth-order valence-electron chi connectivity index (χ4n) is 2.61. The highest BCUT2D eigenvalue weighted by Gasteiger charge is 2.12. The summed E-state index contributed by atoms with van der Waals surface area (Å²) in [6, 6.07) is 12.7. The minimum absolute atomic E-state index is 0.398. The van der Waals surface area contributed by atoms with Crippen LogP contribution in [0.1, 0.15) is 21.6 Å². The number of primary amides is 1. The van der Waals surface area contributed by atoms with Crippen molar-refractivity contribution in [3.05, 3.63) is 69.3 Å². The first-order valence-corrected chi connectivity index (χ1v) is 8.10. The Morgan fingerprint density at radius 2 is 1.83 bits per heavy atom. The van der Waals surface area contributed by atoms with E-state index in [9.17, 15) is 4.79 Å². The van der Waals surface area contributed by atoms with Crippen LogP contribution in [0, 0.1) is 6.92 Å². The van der Waals surface area contributed by atoms with Gasteiger partial charge in [0.15, 0.2) is 0 Å². The minimum atomic E-state index is -0.501. The fourth-order valence-corrected chi connectivity index (χ4v) is 3.14. The third kappa shape index (κ3) is 3.16. The smallest absolute Gasteiger partial charge is 0.250 e. The molecular weight excluding hydrogens is 345 g/mol. The Bertz CT molecular complexity index is 921. The summed E-state index contributed by atoms with van der Waals surface area (Å²) in [6.07, 6.45) is 0. The van der Waals surface area contributed by atoms with E-state index in [4.69, 9.17) is 28.9 Å². The molecule has 0 unspecified atom stereocenters. The summed E-state index contributed by atoms with van der Waals surface area (Å²) in [5, 5.41) is 5.35. The van der Waals surface area contributed by atoms with Crippen LogP contribution in [0.25, 0.3) is 10.9 Å². The summed E-state index contributed by atoms with van der Waals surface area (Å²) in [4.78, 5) is 16.1. The van der Waals surface area contributed by atoms with Crippen LogP contribution >= 0.6 is 23.2 Å². The van der Waals surface area contributed by atoms with Gasteiger partial charge in [0, 0.05) is 38.9 Å². The van der Waals surface area contributed by atoms with Crippen LogP contribution in [0.15, 0.2) is 42.5 Å². The summed E-state index contributed by atoms with van der Waals surface area (Å²) in [5.74, 6) is -0.501. The number of nitrogens with one attached hydrogen (secondary N) is 1. The number of fused-ring (bicyclic) bond motifs is 1. The van der Waals surface area contributed by atoms with Crippen molar-refractivity contribution in [2.24, 2.45) is 5.73 Å². The monoisotopic (exact) mass is 359 g/mol. The number of amides is 1. The van der Waals surface area contributed by atoms with Gasteiger partial charge in [-0.05, 0) is 31.2 Å². The number of pyridine rings is 1. The lowest BCUT2D eigenvalue weighted by Gasteiger charge is -2.14. The molecule has 0 aliphatic heterocycles. The van der Waals surface area contributed by atoms with Gasteiger partial charge in [-0.1, -0.05) is 41.4 Å². The first-order chi connectivity index (χ1) is 11.5. The number of anilines is 1. The van der Waals surface area contributed by atoms with Crippen LogP contribution in [-0.4, -0.2) is 10.9 Å². The second-order valence-corrected chi connectivity index (χ2v) is 6.25. The number of para-hydroxylation sites is 1. The molecule has 0 saturated heterocycles. The van der Waals surface area contributed by atoms with Gasteiger partial charge in [0.25, 0.3) is 5.91 Å². The predicted octanol–water partition coefficient (Wildman–Crippen LogP) is 4.56. The third-order valence-electron chi connectivity index (χ3n) is 3.75. The summed E-state index contributed by atoms with van der Waals surface area (Å²) in [6.45, 7) is 2.32. The molecular formula is C18H15Cl2N3O. The number of carbonyl (C=O) groups excluding carboxylic acids is 1. The molecule has 1 aromatic heterocycles. The highest BCUT2D eigenvalue weighted by molar-refractivity contribution is 6.36. The van der Waals surface area contributed by atoms with Gasteiger partial charge in [0.1, 0.15) is 0 Å². The zero-order chi connectivity index (χ0) is 17.3. The zero-order valence-corrected chi connectivity index (χ0v) is 14.4. The summed E-state index contributed by atoms with van der Waals surface area (Å²) >= 11 is 12.4. The molecule has 0 atom stereocenters. The quantitative estimate of drug-likeness (QED) is 0.717. The van der Waals surface area contributed by atoms with Crippen molar-refractivity contribution in [3.63, 3.8) is 0 Å². The van der Waals surface area contributed by atoms with Crippen molar-refractivity contribution < 1.29 is 4.79 Å². The fraction of sp³-hybridized carbons (Fsp3) is 0.111. The molecule has 3 rings (SSSR count). The first-order valence-electron chi connectivity index (χ1n) is 7.34. The number of halogens is 2. The SMILES string of the molecule is Cc1cc(NCc2c(Cl)cccc2Cl)c2cccc(C(N)=O)c2n1. The lowest BCUT2D eigenvalue weighted by molar-refractivity contribution is 0.100. The predicted molar refractivity (Wildman–Crippen MR) is 98.8 cm³/mol. The number of rotatable bonds is 4. The molecule has 6 heteroatoms. The maximum atomic E-state index is 11.6. The van der Waals surface area contributed by atoms with Gasteiger partial charge in [-0.25, -0.2) is 0 Å². The average Bonchev–Trinajstić information content (AvgIpc) is 2.53. The van der Waals surface area contributed by atoms with Gasteiger partial charge in [-0.2, -0.15) is 0 Å². The molecule has 24 heavy (non-hydrogen) atoms. The van der Waals surface area contributed by atoms with Gasteiger partial charge < -0.3 is 11.1 Å². The summed E-state index contributed by atoms with van der Waals surface area (Å²) < 4.78 is 0. The Balaban J connectivity index is 2.04. The number of aryl methyl sites for hydroxylation is 1. The van der Waals surface area contributed by atoms with Crippen molar-refractivity contribution in [1.29, 1.82) is 0 Å². The van der Waals surface area contributed by atoms with E-state index in [1.807, 2.05) is 19.1 Å². The molecule has 1 amide bonds. The Kier molecular flexibility index (Phi) is 4.60. The highest BCUT2D eigenvalue weighted by Crippen LogP contribution is 2.29. The minimum Gasteiger partial charge on any atom is -0.380 e. The van der Waals surface area contributed by atoms with Crippen LogP contribution in [-0.2, 0) is 6.54 Å². The molecule has 0 aliphatic carbocycles. The van der Waals surface area contributed by atoms with Crippen molar-refractivity contribution >= 4 is 45.7 Å². The number of aromatic nitrogens is 1. The third-order valence-corrected chi connectivity index (χ3v) is 4.46. The molecule has 0 aliphatic rings. The topological polar surface area (TPSA) is 68.0 Å². The van der Waals surface area contributed by atoms with E-state index in [0.29, 0.717) is 27.7 Å². The molecule has 0 fully saturated rings. The van der Waals surface area contributed by atoms with Gasteiger partial charge >= 0.3 is 0 Å². The largest absolute Gasteiger partial charge is 0.380 e. The van der Waals surface area contributed by atoms with E-state index in [2.05, 4.69) is 10.3 Å². The molecule has 0 bridgehead atoms. The molecule has 1 heterocycles. The number of carbonyl (C=O) groups is 1. The summed E-state index contributed by atoms with van der Waals surface area (Å²) in [7, 11) is 0. The molecule has 0 saturated carbocycles. The molecule has 0 radical (unpaired) electrons. The van der Waals surface area contributed by atoms with Crippen LogP contribution in [0.5, 0.6) is 0 Å². The second kappa shape index (κ2) is 6.67. The second-order valence-electron chi connectivity index (χ2n) is 5.43. The molecule has 3 aromatic rings. The van der Waals surface area contributed by atoms with E-state index >= 15 is 0 Å². The molecule has 4 nitrogen and oxygen atoms in total. The highest BCUT2D eigenvalue weighted by atomic mass is 35.5. The molecule has 2 aromatic carbocycles. The number of nitrogens with two attached hydrogens (primary N) is 1. The van der Waals surface area contributed by atoms with Crippen molar-refractivity contribution in [3.8, 4) is 0 Å². The maximum absolute atomic E-state index is 11.6. The molecule has 3 N–H and O–H groups in total. The number of benzene rings is 2. The van der Waals surface area contributed by atoms with Crippen LogP contribution in [0.3, 0.4) is 0 Å². The lowest BCUT2D eigenvalue weighted by Crippen LogP contribution is -2.12. The standard InChI is InChI=1S/C18H15Cl2N3O/c1-10-8-16(22-9-13-14(19)6-3-7-15(13)20)11-4-2-5-12(18(21)24)17(11)23-10/h2-8H,9H2,1H3,(H2,21,24)(H,22,23). The van der Waals surface area contributed by atoms with E-state index in [1.54, 1.807) is 30.3 Å². The Labute approximate surface area is 149 Å². The van der Waals surface area contributed by atoms with Crippen LogP contribution in [0.2, 0.25) is 10.0 Å². The van der Waals surface area contributed by atoms with Gasteiger partial charge in [-0.3, -0.25) is 9.78 Å². The van der Waals surface area contributed by atoms with Crippen LogP contribution < -0.4 is 11.1 Å². The van der Waals surface area contributed by atoms with Crippen molar-refractivity contribution in [2.45, 2.75) is 13.5 Å².